The van der Waals surface area contributed by atoms with Gasteiger partial charge in [-0.15, -0.1) is 0 Å². The molecule has 43 heavy (non-hydrogen) atoms. The summed E-state index contributed by atoms with van der Waals surface area (Å²) >= 11 is 23.4. The number of hydrogen-bond donors (Lipinski definition) is 2. The maximum absolute atomic E-state index is 12.8. The fourth-order valence-electron chi connectivity index (χ4n) is 3.37. The number of aromatic nitrogens is 4. The first-order valence-corrected chi connectivity index (χ1v) is 12.5. The van der Waals surface area contributed by atoms with Gasteiger partial charge >= 0.3 is 12.4 Å². The van der Waals surface area contributed by atoms with E-state index in [9.17, 15) is 31.1 Å². The van der Waals surface area contributed by atoms with Gasteiger partial charge in [-0.2, -0.15) is 47.1 Å². The highest BCUT2D eigenvalue weighted by Gasteiger charge is 2.33. The molecule has 4 aromatic rings. The molecule has 0 atom stereocenters. The van der Waals surface area contributed by atoms with Crippen LogP contribution in [0.5, 0.6) is 0 Å². The van der Waals surface area contributed by atoms with E-state index < -0.39 is 29.4 Å². The van der Waals surface area contributed by atoms with Gasteiger partial charge in [0.25, 0.3) is 0 Å². The Morgan fingerprint density at radius 3 is 1.49 bits per heavy atom. The fourth-order valence-corrected chi connectivity index (χ4v) is 4.66. The number of nitrogens with zero attached hydrogens (tertiary/aromatic N) is 6. The standard InChI is InChI=1S/C13H7Cl2F3N4O.C11H5Cl2F3N4/c1-6(23)20-11-4-8(5-19)21-22(11)12-9(14)2-7(3-10(12)15)13(16,17)18;12-7-1-5(11(14,15)16)2-8(13)10(7)20-9(18)3-6(4-17)19-20/h2-4H,1H3,(H,20,23);1-3H,18H2. The van der Waals surface area contributed by atoms with Gasteiger partial charge in [-0.3, -0.25) is 4.79 Å². The normalized spacial score (nSPS) is 11.3. The lowest BCUT2D eigenvalue weighted by Gasteiger charge is -2.14. The second kappa shape index (κ2) is 12.6. The highest BCUT2D eigenvalue weighted by molar-refractivity contribution is 6.38. The lowest BCUT2D eigenvalue weighted by molar-refractivity contribution is -0.138. The van der Waals surface area contributed by atoms with Crippen molar-refractivity contribution in [1.82, 2.24) is 19.6 Å². The number of anilines is 2. The number of carbonyl (C=O) groups is 1. The van der Waals surface area contributed by atoms with Gasteiger partial charge in [0.15, 0.2) is 11.4 Å². The van der Waals surface area contributed by atoms with Crippen LogP contribution in [-0.2, 0) is 17.1 Å². The van der Waals surface area contributed by atoms with Crippen LogP contribution in [-0.4, -0.2) is 25.5 Å². The number of alkyl halides is 6. The summed E-state index contributed by atoms with van der Waals surface area (Å²) in [6.07, 6.45) is -9.19. The van der Waals surface area contributed by atoms with Crippen LogP contribution in [0.2, 0.25) is 20.1 Å². The number of nitrogens with one attached hydrogen (secondary N) is 1. The van der Waals surface area contributed by atoms with Gasteiger partial charge in [0.2, 0.25) is 5.91 Å². The molecule has 9 nitrogen and oxygen atoms in total. The van der Waals surface area contributed by atoms with E-state index in [0.717, 1.165) is 21.5 Å². The Hall–Kier alpha value is -4.15. The Morgan fingerprint density at radius 2 is 1.14 bits per heavy atom. The van der Waals surface area contributed by atoms with Crippen molar-refractivity contribution in [2.24, 2.45) is 0 Å². The van der Waals surface area contributed by atoms with E-state index >= 15 is 0 Å². The number of hydrogen-bond acceptors (Lipinski definition) is 6. The Kier molecular flexibility index (Phi) is 9.78. The molecule has 2 aromatic carbocycles. The molecule has 0 radical (unpaired) electrons. The van der Waals surface area contributed by atoms with Crippen LogP contribution in [0.1, 0.15) is 29.4 Å². The minimum Gasteiger partial charge on any atom is -0.384 e. The van der Waals surface area contributed by atoms with Crippen molar-refractivity contribution < 1.29 is 31.1 Å². The van der Waals surface area contributed by atoms with Crippen molar-refractivity contribution in [2.45, 2.75) is 19.3 Å². The first-order chi connectivity index (χ1) is 19.9. The Morgan fingerprint density at radius 1 is 0.767 bits per heavy atom. The molecule has 2 aromatic heterocycles. The van der Waals surface area contributed by atoms with E-state index in [1.165, 1.54) is 19.1 Å². The summed E-state index contributed by atoms with van der Waals surface area (Å²) in [5.74, 6) is -0.377. The first kappa shape index (κ1) is 33.4. The van der Waals surface area contributed by atoms with Gasteiger partial charge in [0.1, 0.15) is 35.1 Å². The predicted octanol–water partition coefficient (Wildman–Crippen LogP) is 7.68. The highest BCUT2D eigenvalue weighted by atomic mass is 35.5. The van der Waals surface area contributed by atoms with Crippen LogP contribution in [0.3, 0.4) is 0 Å². The highest BCUT2D eigenvalue weighted by Crippen LogP contribution is 2.39. The van der Waals surface area contributed by atoms with Crippen LogP contribution in [0, 0.1) is 22.7 Å². The van der Waals surface area contributed by atoms with Gasteiger partial charge in [-0.05, 0) is 24.3 Å². The van der Waals surface area contributed by atoms with Crippen LogP contribution >= 0.6 is 46.4 Å². The summed E-state index contributed by atoms with van der Waals surface area (Å²) in [4.78, 5) is 11.2. The predicted molar refractivity (Wildman–Crippen MR) is 145 cm³/mol. The molecule has 4 rings (SSSR count). The summed E-state index contributed by atoms with van der Waals surface area (Å²) in [6.45, 7) is 1.22. The molecule has 0 bridgehead atoms. The zero-order chi connectivity index (χ0) is 32.4. The summed E-state index contributed by atoms with van der Waals surface area (Å²) < 4.78 is 78.1. The Balaban J connectivity index is 0.000000238. The third-order valence-corrected chi connectivity index (χ3v) is 6.24. The molecular formula is C24H12Cl4F6N8O. The maximum atomic E-state index is 12.8. The van der Waals surface area contributed by atoms with E-state index in [2.05, 4.69) is 15.5 Å². The second-order valence-corrected chi connectivity index (χ2v) is 9.80. The number of amides is 1. The fraction of sp³-hybridized carbons (Fsp3) is 0.125. The molecule has 3 N–H and O–H groups in total. The molecule has 0 aliphatic rings. The molecule has 2 heterocycles. The molecule has 0 saturated heterocycles. The topological polar surface area (TPSA) is 138 Å². The Bertz CT molecular complexity index is 1750. The molecule has 19 heteroatoms. The third-order valence-electron chi connectivity index (χ3n) is 5.09. The van der Waals surface area contributed by atoms with Crippen molar-refractivity contribution in [3.05, 3.63) is 79.0 Å². The summed E-state index contributed by atoms with van der Waals surface area (Å²) in [5.41, 5.74) is 3.45. The van der Waals surface area contributed by atoms with E-state index in [0.29, 0.717) is 12.1 Å². The minimum absolute atomic E-state index is 0.00506. The largest absolute Gasteiger partial charge is 0.416 e. The van der Waals surface area contributed by atoms with E-state index in [-0.39, 0.29) is 54.5 Å². The van der Waals surface area contributed by atoms with Crippen molar-refractivity contribution in [2.75, 3.05) is 11.1 Å². The summed E-state index contributed by atoms with van der Waals surface area (Å²) in [7, 11) is 0. The molecule has 0 aliphatic carbocycles. The van der Waals surface area contributed by atoms with E-state index in [1.54, 1.807) is 12.1 Å². The zero-order valence-electron chi connectivity index (χ0n) is 20.9. The number of rotatable bonds is 3. The van der Waals surface area contributed by atoms with Gasteiger partial charge in [-0.25, -0.2) is 9.36 Å². The third kappa shape index (κ3) is 7.63. The second-order valence-electron chi connectivity index (χ2n) is 8.17. The van der Waals surface area contributed by atoms with E-state index in [1.807, 2.05) is 0 Å². The van der Waals surface area contributed by atoms with Crippen LogP contribution in [0.25, 0.3) is 11.4 Å². The molecule has 0 saturated carbocycles. The quantitative estimate of drug-likeness (QED) is 0.213. The van der Waals surface area contributed by atoms with Crippen molar-refractivity contribution in [3.63, 3.8) is 0 Å². The first-order valence-electron chi connectivity index (χ1n) is 11.0. The van der Waals surface area contributed by atoms with Gasteiger partial charge in [0, 0.05) is 19.1 Å². The van der Waals surface area contributed by atoms with E-state index in [4.69, 9.17) is 62.7 Å². The molecule has 224 valence electrons. The van der Waals surface area contributed by atoms with Crippen LogP contribution < -0.4 is 11.1 Å². The molecular weight excluding hydrogens is 672 g/mol. The number of nitrogen functional groups attached to an aromatic ring is 1. The number of halogens is 10. The number of benzene rings is 2. The lowest BCUT2D eigenvalue weighted by Crippen LogP contribution is -2.12. The summed E-state index contributed by atoms with van der Waals surface area (Å²) in [5, 5.41) is 26.4. The van der Waals surface area contributed by atoms with Crippen LogP contribution in [0.4, 0.5) is 38.0 Å². The molecule has 0 aliphatic heterocycles. The maximum Gasteiger partial charge on any atom is 0.416 e. The molecule has 0 unspecified atom stereocenters. The smallest absolute Gasteiger partial charge is 0.384 e. The van der Waals surface area contributed by atoms with Crippen molar-refractivity contribution in [1.29, 1.82) is 10.5 Å². The van der Waals surface area contributed by atoms with Gasteiger partial charge < -0.3 is 11.1 Å². The number of nitrogens with two attached hydrogens (primary N) is 1. The zero-order valence-corrected chi connectivity index (χ0v) is 23.9. The van der Waals surface area contributed by atoms with Crippen molar-refractivity contribution >= 4 is 63.9 Å². The number of nitriles is 2. The number of carbonyl (C=O) groups excluding carboxylic acids is 1. The average molecular weight is 684 g/mol. The SMILES string of the molecule is CC(=O)Nc1cc(C#N)nn1-c1c(Cl)cc(C(F)(F)F)cc1Cl.N#Cc1cc(N)n(-c2c(Cl)cc(C(F)(F)F)cc2Cl)n1. The van der Waals surface area contributed by atoms with Crippen molar-refractivity contribution in [3.8, 4) is 23.5 Å². The van der Waals surface area contributed by atoms with Gasteiger partial charge in [-0.1, -0.05) is 46.4 Å². The Labute approximate surface area is 257 Å². The monoisotopic (exact) mass is 682 g/mol. The van der Waals surface area contributed by atoms with Gasteiger partial charge in [0.05, 0.1) is 31.2 Å². The molecule has 0 spiro atoms. The summed E-state index contributed by atoms with van der Waals surface area (Å²) in [6, 6.07) is 8.82. The minimum atomic E-state index is -4.62. The lowest BCUT2D eigenvalue weighted by atomic mass is 10.2. The average Bonchev–Trinajstić information content (AvgIpc) is 3.45. The molecule has 0 fully saturated rings. The molecule has 1 amide bonds. The van der Waals surface area contributed by atoms with Crippen LogP contribution in [0.15, 0.2) is 36.4 Å².